The number of aromatic nitrogens is 1. The van der Waals surface area contributed by atoms with Crippen molar-refractivity contribution in [2.24, 2.45) is 0 Å². The Kier molecular flexibility index (Phi) is 5.34. The summed E-state index contributed by atoms with van der Waals surface area (Å²) < 4.78 is 25.5. The SMILES string of the molecule is CS(=O)(=O)NCC1CCCCN1C(=O)c1cccnc1Br. The molecule has 1 unspecified atom stereocenters. The summed E-state index contributed by atoms with van der Waals surface area (Å²) in [6.45, 7) is 0.888. The largest absolute Gasteiger partial charge is 0.334 e. The number of likely N-dealkylation sites (tertiary alicyclic amines) is 1. The van der Waals surface area contributed by atoms with Crippen LogP contribution in [-0.2, 0) is 10.0 Å². The van der Waals surface area contributed by atoms with E-state index in [9.17, 15) is 13.2 Å². The first-order valence-corrected chi connectivity index (χ1v) is 9.43. The lowest BCUT2D eigenvalue weighted by molar-refractivity contribution is 0.0617. The van der Waals surface area contributed by atoms with Gasteiger partial charge < -0.3 is 4.90 Å². The third kappa shape index (κ3) is 4.49. The monoisotopic (exact) mass is 375 g/mol. The van der Waals surface area contributed by atoms with Crippen LogP contribution >= 0.6 is 15.9 Å². The van der Waals surface area contributed by atoms with E-state index in [0.717, 1.165) is 25.5 Å². The fraction of sp³-hybridized carbons (Fsp3) is 0.538. The maximum atomic E-state index is 12.6. The highest BCUT2D eigenvalue weighted by molar-refractivity contribution is 9.10. The summed E-state index contributed by atoms with van der Waals surface area (Å²) in [5, 5.41) is 0. The normalized spacial score (nSPS) is 19.5. The molecule has 1 N–H and O–H groups in total. The molecule has 1 atom stereocenters. The Bertz CT molecular complexity index is 621. The molecule has 1 aliphatic rings. The second-order valence-corrected chi connectivity index (χ2v) is 7.69. The van der Waals surface area contributed by atoms with Gasteiger partial charge in [-0.3, -0.25) is 4.79 Å². The van der Waals surface area contributed by atoms with Gasteiger partial charge in [-0.15, -0.1) is 0 Å². The van der Waals surface area contributed by atoms with Gasteiger partial charge in [-0.05, 0) is 47.3 Å². The van der Waals surface area contributed by atoms with Crippen LogP contribution in [0.2, 0.25) is 0 Å². The van der Waals surface area contributed by atoms with Crippen molar-refractivity contribution in [3.05, 3.63) is 28.5 Å². The molecular formula is C13H18BrN3O3S. The predicted molar refractivity (Wildman–Crippen MR) is 83.5 cm³/mol. The number of piperidine rings is 1. The van der Waals surface area contributed by atoms with Crippen molar-refractivity contribution in [3.8, 4) is 0 Å². The van der Waals surface area contributed by atoms with Crippen molar-refractivity contribution >= 4 is 31.9 Å². The number of rotatable bonds is 4. The molecule has 0 radical (unpaired) electrons. The molecule has 0 saturated carbocycles. The Morgan fingerprint density at radius 3 is 2.95 bits per heavy atom. The van der Waals surface area contributed by atoms with Crippen LogP contribution in [0.3, 0.4) is 0 Å². The third-order valence-electron chi connectivity index (χ3n) is 3.46. The molecule has 8 heteroatoms. The topological polar surface area (TPSA) is 79.4 Å². The maximum Gasteiger partial charge on any atom is 0.256 e. The van der Waals surface area contributed by atoms with E-state index in [0.29, 0.717) is 16.7 Å². The lowest BCUT2D eigenvalue weighted by Gasteiger charge is -2.36. The number of amides is 1. The van der Waals surface area contributed by atoms with Crippen LogP contribution in [0.1, 0.15) is 29.6 Å². The molecule has 1 aliphatic heterocycles. The molecule has 6 nitrogen and oxygen atoms in total. The van der Waals surface area contributed by atoms with E-state index in [1.807, 2.05) is 0 Å². The lowest BCUT2D eigenvalue weighted by Crippen LogP contribution is -2.49. The summed E-state index contributed by atoms with van der Waals surface area (Å²) in [5.74, 6) is -0.116. The number of halogens is 1. The summed E-state index contributed by atoms with van der Waals surface area (Å²) in [6, 6.07) is 3.31. The fourth-order valence-electron chi connectivity index (χ4n) is 2.43. The molecule has 0 spiro atoms. The number of carbonyl (C=O) groups is 1. The molecule has 2 rings (SSSR count). The van der Waals surface area contributed by atoms with Gasteiger partial charge in [0, 0.05) is 25.3 Å². The highest BCUT2D eigenvalue weighted by atomic mass is 79.9. The van der Waals surface area contributed by atoms with E-state index in [1.165, 1.54) is 0 Å². The smallest absolute Gasteiger partial charge is 0.256 e. The van der Waals surface area contributed by atoms with Gasteiger partial charge in [0.25, 0.3) is 5.91 Å². The van der Waals surface area contributed by atoms with E-state index >= 15 is 0 Å². The summed E-state index contributed by atoms with van der Waals surface area (Å²) in [4.78, 5) is 18.4. The summed E-state index contributed by atoms with van der Waals surface area (Å²) >= 11 is 3.28. The summed E-state index contributed by atoms with van der Waals surface area (Å²) in [5.41, 5.74) is 0.503. The van der Waals surface area contributed by atoms with Crippen LogP contribution in [0.5, 0.6) is 0 Å². The Morgan fingerprint density at radius 2 is 2.29 bits per heavy atom. The van der Waals surface area contributed by atoms with Crippen molar-refractivity contribution in [2.45, 2.75) is 25.3 Å². The van der Waals surface area contributed by atoms with Crippen molar-refractivity contribution in [1.82, 2.24) is 14.6 Å². The zero-order valence-corrected chi connectivity index (χ0v) is 14.2. The standard InChI is InChI=1S/C13H18BrN3O3S/c1-21(19,20)16-9-10-5-2-3-8-17(10)13(18)11-6-4-7-15-12(11)14/h4,6-7,10,16H,2-3,5,8-9H2,1H3. The molecule has 2 heterocycles. The van der Waals surface area contributed by atoms with Crippen LogP contribution in [0.25, 0.3) is 0 Å². The van der Waals surface area contributed by atoms with Crippen molar-refractivity contribution in [3.63, 3.8) is 0 Å². The number of nitrogens with zero attached hydrogens (tertiary/aromatic N) is 2. The number of sulfonamides is 1. The van der Waals surface area contributed by atoms with Crippen LogP contribution in [0, 0.1) is 0 Å². The second-order valence-electron chi connectivity index (χ2n) is 5.11. The quantitative estimate of drug-likeness (QED) is 0.806. The van der Waals surface area contributed by atoms with E-state index < -0.39 is 10.0 Å². The first-order chi connectivity index (χ1) is 9.88. The minimum Gasteiger partial charge on any atom is -0.334 e. The maximum absolute atomic E-state index is 12.6. The van der Waals surface area contributed by atoms with Gasteiger partial charge in [0.15, 0.2) is 0 Å². The van der Waals surface area contributed by atoms with Gasteiger partial charge in [0.2, 0.25) is 10.0 Å². The molecule has 1 amide bonds. The highest BCUT2D eigenvalue weighted by Crippen LogP contribution is 2.22. The number of hydrogen-bond donors (Lipinski definition) is 1. The Balaban J connectivity index is 2.15. The molecule has 116 valence electrons. The van der Waals surface area contributed by atoms with Gasteiger partial charge in [-0.1, -0.05) is 0 Å². The van der Waals surface area contributed by atoms with Gasteiger partial charge in [-0.25, -0.2) is 18.1 Å². The summed E-state index contributed by atoms with van der Waals surface area (Å²) in [6.07, 6.45) is 5.46. The van der Waals surface area contributed by atoms with Crippen LogP contribution in [-0.4, -0.2) is 49.6 Å². The molecule has 1 aromatic rings. The Morgan fingerprint density at radius 1 is 1.52 bits per heavy atom. The van der Waals surface area contributed by atoms with E-state index in [2.05, 4.69) is 25.6 Å². The van der Waals surface area contributed by atoms with Gasteiger partial charge in [0.05, 0.1) is 11.8 Å². The van der Waals surface area contributed by atoms with Crippen LogP contribution < -0.4 is 4.72 Å². The van der Waals surface area contributed by atoms with Gasteiger partial charge in [-0.2, -0.15) is 0 Å². The minimum absolute atomic E-state index is 0.116. The average Bonchev–Trinajstić information content (AvgIpc) is 2.44. The number of nitrogens with one attached hydrogen (secondary N) is 1. The predicted octanol–water partition coefficient (Wildman–Crippen LogP) is 1.39. The Labute approximate surface area is 133 Å². The zero-order chi connectivity index (χ0) is 15.5. The second kappa shape index (κ2) is 6.85. The molecular weight excluding hydrogens is 358 g/mol. The summed E-state index contributed by atoms with van der Waals surface area (Å²) in [7, 11) is -3.25. The lowest BCUT2D eigenvalue weighted by atomic mass is 10.0. The molecule has 1 fully saturated rings. The van der Waals surface area contributed by atoms with Crippen molar-refractivity contribution in [2.75, 3.05) is 19.3 Å². The van der Waals surface area contributed by atoms with Crippen LogP contribution in [0.4, 0.5) is 0 Å². The number of pyridine rings is 1. The molecule has 0 aromatic carbocycles. The minimum atomic E-state index is -3.25. The van der Waals surface area contributed by atoms with E-state index in [-0.39, 0.29) is 18.5 Å². The molecule has 1 saturated heterocycles. The Hall–Kier alpha value is -0.990. The van der Waals surface area contributed by atoms with E-state index in [1.54, 1.807) is 23.2 Å². The molecule has 0 aliphatic carbocycles. The van der Waals surface area contributed by atoms with Crippen molar-refractivity contribution in [1.29, 1.82) is 0 Å². The first-order valence-electron chi connectivity index (χ1n) is 6.74. The van der Waals surface area contributed by atoms with Crippen LogP contribution in [0.15, 0.2) is 22.9 Å². The zero-order valence-electron chi connectivity index (χ0n) is 11.8. The first kappa shape index (κ1) is 16.4. The van der Waals surface area contributed by atoms with Gasteiger partial charge >= 0.3 is 0 Å². The van der Waals surface area contributed by atoms with E-state index in [4.69, 9.17) is 0 Å². The molecule has 1 aromatic heterocycles. The van der Waals surface area contributed by atoms with Crippen molar-refractivity contribution < 1.29 is 13.2 Å². The fourth-order valence-corrected chi connectivity index (χ4v) is 3.34. The molecule has 21 heavy (non-hydrogen) atoms. The highest BCUT2D eigenvalue weighted by Gasteiger charge is 2.29. The van der Waals surface area contributed by atoms with Gasteiger partial charge in [0.1, 0.15) is 4.60 Å². The average molecular weight is 376 g/mol. The number of carbonyl (C=O) groups excluding carboxylic acids is 1. The third-order valence-corrected chi connectivity index (χ3v) is 4.78. The number of hydrogen-bond acceptors (Lipinski definition) is 4. The molecule has 0 bridgehead atoms.